The van der Waals surface area contributed by atoms with E-state index in [1.807, 2.05) is 7.05 Å². The number of carbonyl (C=O) groups excluding carboxylic acids is 1. The Morgan fingerprint density at radius 1 is 1.37 bits per heavy atom. The van der Waals surface area contributed by atoms with Gasteiger partial charge in [0.05, 0.1) is 0 Å². The number of benzene rings is 1. The van der Waals surface area contributed by atoms with Gasteiger partial charge in [-0.1, -0.05) is 36.8 Å². The Labute approximate surface area is 121 Å². The van der Waals surface area contributed by atoms with E-state index in [0.717, 1.165) is 5.56 Å². The Morgan fingerprint density at radius 2 is 1.89 bits per heavy atom. The number of amides is 1. The summed E-state index contributed by atoms with van der Waals surface area (Å²) in [7, 11) is 3.75. The lowest BCUT2D eigenvalue weighted by atomic mass is 10.0. The molecule has 3 atom stereocenters. The van der Waals surface area contributed by atoms with Crippen LogP contribution in [0, 0.1) is 12.8 Å². The van der Waals surface area contributed by atoms with Crippen molar-refractivity contribution in [3.63, 3.8) is 0 Å². The third-order valence-electron chi connectivity index (χ3n) is 3.89. The molecule has 0 aliphatic heterocycles. The summed E-state index contributed by atoms with van der Waals surface area (Å²) in [5, 5.41) is 2.78. The second kappa shape index (κ2) is 6.40. The van der Waals surface area contributed by atoms with Gasteiger partial charge < -0.3 is 5.32 Å². The van der Waals surface area contributed by atoms with E-state index in [-0.39, 0.29) is 24.4 Å². The van der Waals surface area contributed by atoms with Crippen molar-refractivity contribution in [1.29, 1.82) is 0 Å². The van der Waals surface area contributed by atoms with Crippen LogP contribution in [0.2, 0.25) is 0 Å². The molecule has 106 valence electrons. The Bertz CT molecular complexity index is 432. The number of likely N-dealkylation sites (N-methyl/N-ethyl adjacent to an activating group) is 2. The highest BCUT2D eigenvalue weighted by atomic mass is 35.5. The smallest absolute Gasteiger partial charge is 0.241 e. The van der Waals surface area contributed by atoms with Gasteiger partial charge in [0.15, 0.2) is 0 Å². The third-order valence-corrected chi connectivity index (χ3v) is 3.89. The van der Waals surface area contributed by atoms with Gasteiger partial charge in [0.25, 0.3) is 0 Å². The molecule has 0 bridgehead atoms. The number of nitrogens with zero attached hydrogens (tertiary/aromatic N) is 1. The molecular weight excluding hydrogens is 260 g/mol. The molecule has 0 aromatic heterocycles. The van der Waals surface area contributed by atoms with Crippen molar-refractivity contribution in [3.8, 4) is 0 Å². The number of hydrogen-bond donors (Lipinski definition) is 1. The molecule has 0 heterocycles. The molecule has 0 spiro atoms. The van der Waals surface area contributed by atoms with Crippen LogP contribution < -0.4 is 5.32 Å². The quantitative estimate of drug-likeness (QED) is 0.920. The molecule has 1 amide bonds. The van der Waals surface area contributed by atoms with Gasteiger partial charge in [0, 0.05) is 13.1 Å². The largest absolute Gasteiger partial charge is 0.358 e. The van der Waals surface area contributed by atoms with Crippen molar-refractivity contribution in [3.05, 3.63) is 35.4 Å². The number of carbonyl (C=O) groups is 1. The van der Waals surface area contributed by atoms with Crippen LogP contribution in [0.4, 0.5) is 0 Å². The van der Waals surface area contributed by atoms with Crippen molar-refractivity contribution < 1.29 is 4.79 Å². The number of halogens is 1. The zero-order chi connectivity index (χ0) is 13.3. The van der Waals surface area contributed by atoms with Gasteiger partial charge in [0.1, 0.15) is 6.04 Å². The Morgan fingerprint density at radius 3 is 2.32 bits per heavy atom. The van der Waals surface area contributed by atoms with E-state index in [1.165, 1.54) is 12.0 Å². The number of rotatable bonds is 4. The van der Waals surface area contributed by atoms with Crippen LogP contribution in [0.3, 0.4) is 0 Å². The van der Waals surface area contributed by atoms with Gasteiger partial charge >= 0.3 is 0 Å². The maximum Gasteiger partial charge on any atom is 0.241 e. The van der Waals surface area contributed by atoms with Crippen LogP contribution in [0.15, 0.2) is 24.3 Å². The fraction of sp³-hybridized carbons (Fsp3) is 0.533. The van der Waals surface area contributed by atoms with E-state index >= 15 is 0 Å². The average Bonchev–Trinajstić information content (AvgIpc) is 3.09. The molecule has 1 aliphatic rings. The highest BCUT2D eigenvalue weighted by Crippen LogP contribution is 2.38. The van der Waals surface area contributed by atoms with E-state index in [1.54, 1.807) is 7.05 Å². The van der Waals surface area contributed by atoms with Crippen molar-refractivity contribution in [1.82, 2.24) is 10.2 Å². The van der Waals surface area contributed by atoms with Crippen molar-refractivity contribution in [2.45, 2.75) is 32.4 Å². The maximum absolute atomic E-state index is 12.1. The van der Waals surface area contributed by atoms with E-state index < -0.39 is 0 Å². The molecule has 3 unspecified atom stereocenters. The van der Waals surface area contributed by atoms with Crippen LogP contribution >= 0.6 is 12.4 Å². The third kappa shape index (κ3) is 3.48. The van der Waals surface area contributed by atoms with Gasteiger partial charge in [-0.25, -0.2) is 0 Å². The normalized spacial score (nSPS) is 22.6. The monoisotopic (exact) mass is 282 g/mol. The summed E-state index contributed by atoms with van der Waals surface area (Å²) in [6, 6.07) is 8.60. The highest BCUT2D eigenvalue weighted by molar-refractivity contribution is 5.85. The van der Waals surface area contributed by atoms with Crippen molar-refractivity contribution in [2.75, 3.05) is 14.1 Å². The lowest BCUT2D eigenvalue weighted by Gasteiger charge is -2.27. The topological polar surface area (TPSA) is 32.3 Å². The molecule has 1 saturated carbocycles. The van der Waals surface area contributed by atoms with Gasteiger partial charge in [-0.2, -0.15) is 0 Å². The molecule has 2 rings (SSSR count). The van der Waals surface area contributed by atoms with E-state index in [9.17, 15) is 4.79 Å². The Hall–Kier alpha value is -1.06. The Kier molecular flexibility index (Phi) is 5.39. The zero-order valence-corrected chi connectivity index (χ0v) is 12.8. The summed E-state index contributed by atoms with van der Waals surface area (Å²) in [6.07, 6.45) is 1.19. The molecule has 1 N–H and O–H groups in total. The highest BCUT2D eigenvalue weighted by Gasteiger charge is 2.41. The van der Waals surface area contributed by atoms with Crippen LogP contribution in [0.1, 0.15) is 30.5 Å². The first-order valence-electron chi connectivity index (χ1n) is 6.54. The van der Waals surface area contributed by atoms with Crippen molar-refractivity contribution in [2.24, 2.45) is 5.92 Å². The minimum absolute atomic E-state index is 0. The lowest BCUT2D eigenvalue weighted by Crippen LogP contribution is -2.38. The molecule has 1 aromatic rings. The fourth-order valence-electron chi connectivity index (χ4n) is 2.52. The van der Waals surface area contributed by atoms with Crippen LogP contribution in [-0.2, 0) is 4.79 Å². The summed E-state index contributed by atoms with van der Waals surface area (Å²) in [5.74, 6) is 0.771. The second-order valence-corrected chi connectivity index (χ2v) is 5.37. The van der Waals surface area contributed by atoms with E-state index in [4.69, 9.17) is 0 Å². The standard InChI is InChI=1S/C15H22N2O.ClH/c1-10-5-7-12(8-6-10)14(15(18)16-3)17(4)13-9-11(13)2;/h5-8,11,13-14H,9H2,1-4H3,(H,16,18);1H. The summed E-state index contributed by atoms with van der Waals surface area (Å²) in [6.45, 7) is 4.29. The molecule has 1 aliphatic carbocycles. The number of nitrogens with one attached hydrogen (secondary N) is 1. The summed E-state index contributed by atoms with van der Waals surface area (Å²) < 4.78 is 0. The van der Waals surface area contributed by atoms with Crippen LogP contribution in [0.5, 0.6) is 0 Å². The maximum atomic E-state index is 12.1. The Balaban J connectivity index is 0.00000180. The first-order valence-corrected chi connectivity index (χ1v) is 6.54. The molecule has 1 aromatic carbocycles. The van der Waals surface area contributed by atoms with Crippen LogP contribution in [0.25, 0.3) is 0 Å². The minimum atomic E-state index is -0.175. The number of aryl methyl sites for hydroxylation is 1. The summed E-state index contributed by atoms with van der Waals surface area (Å²) >= 11 is 0. The molecule has 19 heavy (non-hydrogen) atoms. The predicted octanol–water partition coefficient (Wildman–Crippen LogP) is 2.54. The fourth-order valence-corrected chi connectivity index (χ4v) is 2.52. The van der Waals surface area contributed by atoms with Crippen molar-refractivity contribution >= 4 is 18.3 Å². The zero-order valence-electron chi connectivity index (χ0n) is 12.0. The van der Waals surface area contributed by atoms with Gasteiger partial charge in [-0.15, -0.1) is 12.4 Å². The molecule has 1 fully saturated rings. The second-order valence-electron chi connectivity index (χ2n) is 5.37. The SMILES string of the molecule is CNC(=O)C(c1ccc(C)cc1)N(C)C1CC1C.Cl. The summed E-state index contributed by atoms with van der Waals surface area (Å²) in [5.41, 5.74) is 2.29. The molecule has 4 heteroatoms. The summed E-state index contributed by atoms with van der Waals surface area (Å²) in [4.78, 5) is 14.3. The molecule has 0 saturated heterocycles. The predicted molar refractivity (Wildman–Crippen MR) is 80.6 cm³/mol. The molecule has 3 nitrogen and oxygen atoms in total. The number of hydrogen-bond acceptors (Lipinski definition) is 2. The van der Waals surface area contributed by atoms with Gasteiger partial charge in [-0.3, -0.25) is 9.69 Å². The van der Waals surface area contributed by atoms with E-state index in [0.29, 0.717) is 12.0 Å². The van der Waals surface area contributed by atoms with Gasteiger partial charge in [-0.05, 0) is 31.9 Å². The van der Waals surface area contributed by atoms with Crippen LogP contribution in [-0.4, -0.2) is 30.9 Å². The first kappa shape index (κ1) is 16.0. The lowest BCUT2D eigenvalue weighted by molar-refractivity contribution is -0.126. The average molecular weight is 283 g/mol. The molecule has 0 radical (unpaired) electrons. The molecular formula is C15H23ClN2O. The minimum Gasteiger partial charge on any atom is -0.358 e. The van der Waals surface area contributed by atoms with E-state index in [2.05, 4.69) is 48.3 Å². The first-order chi connectivity index (χ1) is 8.54. The van der Waals surface area contributed by atoms with Gasteiger partial charge in [0.2, 0.25) is 5.91 Å².